The molecule has 66 heavy (non-hydrogen) atoms. The van der Waals surface area contributed by atoms with E-state index in [0.29, 0.717) is 49.2 Å². The van der Waals surface area contributed by atoms with Gasteiger partial charge in [-0.3, -0.25) is 29.1 Å². The fourth-order valence-corrected chi connectivity index (χ4v) is 11.0. The molecule has 11 rings (SSSR count). The number of fused-ring (bicyclic) bond motifs is 4. The summed E-state index contributed by atoms with van der Waals surface area (Å²) in [7, 11) is 0. The Morgan fingerprint density at radius 2 is 1.86 bits per heavy atom. The van der Waals surface area contributed by atoms with Gasteiger partial charge in [-0.1, -0.05) is 24.0 Å². The van der Waals surface area contributed by atoms with E-state index in [9.17, 15) is 23.2 Å². The largest absolute Gasteiger partial charge is 0.374 e. The molecule has 4 atom stereocenters. The Balaban J connectivity index is 0.665. The molecule has 16 nitrogen and oxygen atoms in total. The van der Waals surface area contributed by atoms with Crippen LogP contribution >= 0.6 is 0 Å². The first-order valence-corrected chi connectivity index (χ1v) is 23.7. The summed E-state index contributed by atoms with van der Waals surface area (Å²) in [6.07, 6.45) is 11.6. The van der Waals surface area contributed by atoms with Crippen LogP contribution in [0.15, 0.2) is 42.9 Å². The lowest BCUT2D eigenvalue weighted by Crippen LogP contribution is -2.40. The number of carbonyl (C=O) groups is 3. The number of piperidine rings is 2. The van der Waals surface area contributed by atoms with Crippen molar-refractivity contribution < 1.29 is 32.6 Å². The zero-order chi connectivity index (χ0) is 45.1. The number of hydrogen-bond acceptors (Lipinski definition) is 11. The highest BCUT2D eigenvalue weighted by molar-refractivity contribution is 6.08. The number of halogens is 2. The highest BCUT2D eigenvalue weighted by Crippen LogP contribution is 2.43. The molecular weight excluding hydrogens is 849 g/mol. The van der Waals surface area contributed by atoms with Crippen LogP contribution in [0, 0.1) is 23.7 Å². The number of ether oxygens (including phenoxy) is 2. The number of anilines is 2. The van der Waals surface area contributed by atoms with E-state index in [-0.39, 0.29) is 53.4 Å². The molecule has 4 aromatic heterocycles. The number of hydrogen-bond donors (Lipinski definition) is 2. The van der Waals surface area contributed by atoms with Crippen molar-refractivity contribution in [3.8, 4) is 11.8 Å². The van der Waals surface area contributed by atoms with Crippen LogP contribution in [0.3, 0.4) is 0 Å². The van der Waals surface area contributed by atoms with E-state index in [4.69, 9.17) is 19.6 Å². The molecule has 2 saturated carbocycles. The van der Waals surface area contributed by atoms with Crippen LogP contribution in [0.2, 0.25) is 0 Å². The maximum absolute atomic E-state index is 14.3. The molecule has 346 valence electrons. The molecule has 4 saturated heterocycles. The van der Waals surface area contributed by atoms with Crippen LogP contribution in [-0.2, 0) is 19.1 Å². The van der Waals surface area contributed by atoms with Crippen LogP contribution in [0.25, 0.3) is 16.6 Å². The van der Waals surface area contributed by atoms with Gasteiger partial charge in [0.05, 0.1) is 71.5 Å². The number of nitrogens with one attached hydrogen (secondary N) is 2. The Morgan fingerprint density at radius 3 is 2.61 bits per heavy atom. The second-order valence-corrected chi connectivity index (χ2v) is 19.2. The lowest BCUT2D eigenvalue weighted by molar-refractivity contribution is -0.134. The van der Waals surface area contributed by atoms with Gasteiger partial charge in [0, 0.05) is 50.4 Å². The van der Waals surface area contributed by atoms with Crippen molar-refractivity contribution in [3.05, 3.63) is 65.4 Å². The van der Waals surface area contributed by atoms with E-state index in [0.717, 1.165) is 106 Å². The van der Waals surface area contributed by atoms with Gasteiger partial charge in [-0.05, 0) is 95.1 Å². The van der Waals surface area contributed by atoms with Crippen LogP contribution < -0.4 is 15.5 Å². The molecule has 6 fully saturated rings. The summed E-state index contributed by atoms with van der Waals surface area (Å²) in [6, 6.07) is 8.23. The summed E-state index contributed by atoms with van der Waals surface area (Å²) in [5.41, 5.74) is 2.64. The number of imide groups is 1. The number of alkyl halides is 2. The molecule has 1 unspecified atom stereocenters. The van der Waals surface area contributed by atoms with Gasteiger partial charge in [0.2, 0.25) is 11.8 Å². The maximum atomic E-state index is 14.3. The van der Waals surface area contributed by atoms with Gasteiger partial charge < -0.3 is 24.6 Å². The van der Waals surface area contributed by atoms with Crippen LogP contribution in [0.5, 0.6) is 0 Å². The second-order valence-electron chi connectivity index (χ2n) is 19.2. The van der Waals surface area contributed by atoms with Gasteiger partial charge in [-0.25, -0.2) is 18.3 Å². The second kappa shape index (κ2) is 17.8. The highest BCUT2D eigenvalue weighted by atomic mass is 19.3. The van der Waals surface area contributed by atoms with Crippen molar-refractivity contribution in [1.82, 2.24) is 44.4 Å². The smallest absolute Gasteiger partial charge is 0.284 e. The van der Waals surface area contributed by atoms with Crippen LogP contribution in [0.1, 0.15) is 129 Å². The Labute approximate surface area is 380 Å². The quantitative estimate of drug-likeness (QED) is 0.108. The standard InChI is InChI=1S/C48H55F2N11O5/c1-28(30-9-10-30)61-44-31(4-2-6-36(44)42(56-61)37-13-14-41(62)54-47(37)63)5-3-21-65-34-15-18-57(19-16-34)24-29-7-11-32(12-8-29)60-26-39(43(55-60)45(49)50)52-48(64)38-23-51-59-20-17-40(53-46(38)59)58-25-35-22-33(58)27-66-35/h2,4,6,17,20,23,26,28-30,32-35,37,45H,7-16,18-19,21-22,24-25,27H2,1H3,(H,52,64)(H,54,62,63)/t28-,29?,32?,33+,35+,37?/m0/s1. The van der Waals surface area contributed by atoms with Gasteiger partial charge in [-0.2, -0.15) is 15.3 Å². The molecule has 0 radical (unpaired) electrons. The summed E-state index contributed by atoms with van der Waals surface area (Å²) in [6.45, 7) is 6.76. The molecule has 2 N–H and O–H groups in total. The molecule has 6 aliphatic rings. The minimum Gasteiger partial charge on any atom is -0.374 e. The number of para-hydroxylation sites is 1. The number of benzene rings is 1. The Bertz CT molecular complexity index is 2720. The molecule has 2 aliphatic carbocycles. The van der Waals surface area contributed by atoms with E-state index < -0.39 is 23.9 Å². The molecular formula is C48H55F2N11O5. The van der Waals surface area contributed by atoms with E-state index in [1.165, 1.54) is 10.7 Å². The minimum absolute atomic E-state index is 0.00152. The summed E-state index contributed by atoms with van der Waals surface area (Å²) in [4.78, 5) is 47.8. The normalized spacial score (nSPS) is 25.5. The first-order valence-electron chi connectivity index (χ1n) is 23.7. The number of carbonyl (C=O) groups excluding carboxylic acids is 3. The molecule has 3 amide bonds. The fourth-order valence-electron chi connectivity index (χ4n) is 11.0. The summed E-state index contributed by atoms with van der Waals surface area (Å²) < 4.78 is 45.9. The van der Waals surface area contributed by atoms with Crippen molar-refractivity contribution in [2.24, 2.45) is 11.8 Å². The number of rotatable bonds is 12. The zero-order valence-electron chi connectivity index (χ0n) is 37.1. The average Bonchev–Trinajstić information content (AvgIpc) is 3.74. The minimum atomic E-state index is -2.86. The predicted octanol–water partition coefficient (Wildman–Crippen LogP) is 6.20. The maximum Gasteiger partial charge on any atom is 0.284 e. The predicted molar refractivity (Wildman–Crippen MR) is 239 cm³/mol. The number of nitrogens with zero attached hydrogens (tertiary/aromatic N) is 9. The topological polar surface area (TPSA) is 166 Å². The van der Waals surface area contributed by atoms with Crippen molar-refractivity contribution in [3.63, 3.8) is 0 Å². The molecule has 2 bridgehead atoms. The van der Waals surface area contributed by atoms with E-state index in [1.807, 2.05) is 24.3 Å². The molecule has 1 aromatic carbocycles. The SMILES string of the molecule is C[C@@H](C1CC1)n1nc(C2CCC(=O)NC2=O)c2cccc(C#CCOC3CCN(CC4CCC(n5cc(NC(=O)c6cnn7ccc(N8C[C@H]9C[C@@H]8CO9)nc67)c(C(F)F)n5)CC4)CC3)c21. The lowest BCUT2D eigenvalue weighted by Gasteiger charge is -2.36. The average molecular weight is 904 g/mol. The molecule has 5 aromatic rings. The molecule has 0 spiro atoms. The van der Waals surface area contributed by atoms with Gasteiger partial charge in [0.1, 0.15) is 18.0 Å². The zero-order valence-corrected chi connectivity index (χ0v) is 37.1. The van der Waals surface area contributed by atoms with Crippen LogP contribution in [-0.4, -0.2) is 114 Å². The van der Waals surface area contributed by atoms with E-state index >= 15 is 0 Å². The van der Waals surface area contributed by atoms with Gasteiger partial charge in [0.25, 0.3) is 12.3 Å². The third-order valence-electron chi connectivity index (χ3n) is 14.9. The number of morpholine rings is 1. The van der Waals surface area contributed by atoms with Crippen molar-refractivity contribution in [2.75, 3.05) is 49.6 Å². The Hall–Kier alpha value is -5.77. The summed E-state index contributed by atoms with van der Waals surface area (Å²) in [5.74, 6) is 6.86. The number of likely N-dealkylation sites (tertiary alicyclic amines) is 1. The molecule has 18 heteroatoms. The first kappa shape index (κ1) is 42.8. The summed E-state index contributed by atoms with van der Waals surface area (Å²) >= 11 is 0. The lowest BCUT2D eigenvalue weighted by atomic mass is 9.85. The van der Waals surface area contributed by atoms with Crippen LogP contribution in [0.4, 0.5) is 20.3 Å². The molecule has 8 heterocycles. The first-order chi connectivity index (χ1) is 32.1. The summed E-state index contributed by atoms with van der Waals surface area (Å²) in [5, 5.41) is 19.7. The van der Waals surface area contributed by atoms with Gasteiger partial charge >= 0.3 is 0 Å². The van der Waals surface area contributed by atoms with Gasteiger partial charge in [0.15, 0.2) is 11.3 Å². The number of amides is 3. The monoisotopic (exact) mass is 903 g/mol. The number of aromatic nitrogens is 7. The Morgan fingerprint density at radius 1 is 1.03 bits per heavy atom. The van der Waals surface area contributed by atoms with Gasteiger partial charge in [-0.15, -0.1) is 0 Å². The third-order valence-corrected chi connectivity index (χ3v) is 14.9. The van der Waals surface area contributed by atoms with Crippen molar-refractivity contribution >= 4 is 45.8 Å². The van der Waals surface area contributed by atoms with Crippen molar-refractivity contribution in [2.45, 2.75) is 120 Å². The molecule has 4 aliphatic heterocycles. The van der Waals surface area contributed by atoms with E-state index in [1.54, 1.807) is 17.1 Å². The van der Waals surface area contributed by atoms with Crippen molar-refractivity contribution in [1.29, 1.82) is 0 Å². The third kappa shape index (κ3) is 8.45. The van der Waals surface area contributed by atoms with E-state index in [2.05, 4.69) is 54.1 Å². The fraction of sp³-hybridized carbons (Fsp3) is 0.562. The highest BCUT2D eigenvalue weighted by Gasteiger charge is 2.40. The Kier molecular flexibility index (Phi) is 11.6.